The first-order valence-corrected chi connectivity index (χ1v) is 44.8. The summed E-state index contributed by atoms with van der Waals surface area (Å²) in [5, 5.41) is 10.6. The van der Waals surface area contributed by atoms with Gasteiger partial charge in [0.2, 0.25) is 0 Å². The van der Waals surface area contributed by atoms with Gasteiger partial charge in [0.15, 0.2) is 12.2 Å². The molecule has 0 bridgehead atoms. The number of aliphatic hydroxyl groups is 1. The number of ether oxygens (including phenoxy) is 4. The average molecular weight is 1470 g/mol. The van der Waals surface area contributed by atoms with E-state index in [2.05, 4.69) is 55.4 Å². The van der Waals surface area contributed by atoms with Crippen LogP contribution in [0.4, 0.5) is 0 Å². The fourth-order valence-electron chi connectivity index (χ4n) is 12.4. The first kappa shape index (κ1) is 98.1. The highest BCUT2D eigenvalue weighted by Gasteiger charge is 2.30. The summed E-state index contributed by atoms with van der Waals surface area (Å²) in [7, 11) is -9.92. The molecule has 0 fully saturated rings. The van der Waals surface area contributed by atoms with Crippen molar-refractivity contribution in [2.75, 3.05) is 39.6 Å². The summed E-state index contributed by atoms with van der Waals surface area (Å²) in [6, 6.07) is 0. The second-order valence-corrected chi connectivity index (χ2v) is 33.5. The van der Waals surface area contributed by atoms with E-state index in [1.54, 1.807) is 0 Å². The molecule has 0 aliphatic heterocycles. The lowest BCUT2D eigenvalue weighted by Gasteiger charge is -2.21. The van der Waals surface area contributed by atoms with Crippen LogP contribution >= 0.6 is 15.6 Å². The summed E-state index contributed by atoms with van der Waals surface area (Å²) in [6.45, 7) is 14.2. The highest BCUT2D eigenvalue weighted by Crippen LogP contribution is 2.45. The van der Waals surface area contributed by atoms with Crippen LogP contribution in [0.5, 0.6) is 0 Å². The van der Waals surface area contributed by atoms with Crippen molar-refractivity contribution in [2.24, 2.45) is 23.7 Å². The van der Waals surface area contributed by atoms with Gasteiger partial charge in [-0.2, -0.15) is 0 Å². The third-order valence-electron chi connectivity index (χ3n) is 19.5. The molecule has 594 valence electrons. The number of unbranched alkanes of at least 4 members (excludes halogenated alkanes) is 42. The normalized spacial score (nSPS) is 14.6. The summed E-state index contributed by atoms with van der Waals surface area (Å²) in [4.78, 5) is 72.9. The molecule has 0 aromatic rings. The Morgan fingerprint density at radius 3 is 0.710 bits per heavy atom. The number of rotatable bonds is 78. The van der Waals surface area contributed by atoms with Crippen LogP contribution in [0.3, 0.4) is 0 Å². The van der Waals surface area contributed by atoms with Crippen molar-refractivity contribution < 1.29 is 80.2 Å². The smallest absolute Gasteiger partial charge is 0.462 e. The number of aliphatic hydroxyl groups excluding tert-OH is 1. The van der Waals surface area contributed by atoms with Crippen LogP contribution in [-0.4, -0.2) is 96.7 Å². The molecule has 7 atom stereocenters. The standard InChI is InChI=1S/C81H158O17P2/c1-9-73(7)59-51-43-34-27-23-19-15-13-11-12-14-16-21-25-29-36-45-53-61-78(83)91-67-76(97-80(85)63-55-47-38-30-26-22-18-17-20-24-28-35-44-52-60-74(8)10-2)69-95-99(87,88)93-65-75(82)66-94-100(89,90)96-70-77(98-81(86)64-56-48-40-39-42-50-58-72(5)6)68-92-79(84)62-54-46-37-32-31-33-41-49-57-71(3)4/h71-77,82H,9-70H2,1-8H3,(H,87,88)(H,89,90)/t73?,74?,75?,76-,77-/m1/s1. The molecular formula is C81H158O17P2. The lowest BCUT2D eigenvalue weighted by molar-refractivity contribution is -0.161. The topological polar surface area (TPSA) is 237 Å². The molecule has 5 unspecified atom stereocenters. The van der Waals surface area contributed by atoms with Crippen LogP contribution in [0.2, 0.25) is 0 Å². The molecule has 0 rings (SSSR count). The molecule has 0 aromatic heterocycles. The zero-order chi connectivity index (χ0) is 73.8. The van der Waals surface area contributed by atoms with E-state index in [1.807, 2.05) is 0 Å². The number of esters is 4. The summed E-state index contributed by atoms with van der Waals surface area (Å²) < 4.78 is 68.6. The van der Waals surface area contributed by atoms with Crippen LogP contribution in [0.15, 0.2) is 0 Å². The van der Waals surface area contributed by atoms with Gasteiger partial charge in [0, 0.05) is 25.7 Å². The molecule has 0 spiro atoms. The van der Waals surface area contributed by atoms with Gasteiger partial charge in [0.1, 0.15) is 19.3 Å². The second-order valence-electron chi connectivity index (χ2n) is 30.6. The number of hydrogen-bond donors (Lipinski definition) is 3. The first-order valence-electron chi connectivity index (χ1n) is 41.8. The molecular weight excluding hydrogens is 1310 g/mol. The minimum atomic E-state index is -4.96. The van der Waals surface area contributed by atoms with Crippen molar-refractivity contribution >= 4 is 39.5 Å². The number of carbonyl (C=O) groups excluding carboxylic acids is 4. The predicted molar refractivity (Wildman–Crippen MR) is 409 cm³/mol. The fourth-order valence-corrected chi connectivity index (χ4v) is 13.9. The van der Waals surface area contributed by atoms with Crippen molar-refractivity contribution in [1.29, 1.82) is 0 Å². The minimum Gasteiger partial charge on any atom is -0.462 e. The lowest BCUT2D eigenvalue weighted by Crippen LogP contribution is -2.30. The molecule has 0 aliphatic rings. The number of carbonyl (C=O) groups is 4. The summed E-state index contributed by atoms with van der Waals surface area (Å²) in [5.41, 5.74) is 0. The largest absolute Gasteiger partial charge is 0.472 e. The lowest BCUT2D eigenvalue weighted by atomic mass is 9.99. The van der Waals surface area contributed by atoms with Gasteiger partial charge in [0.05, 0.1) is 26.4 Å². The van der Waals surface area contributed by atoms with Crippen LogP contribution in [0.25, 0.3) is 0 Å². The van der Waals surface area contributed by atoms with Crippen molar-refractivity contribution in [1.82, 2.24) is 0 Å². The molecule has 19 heteroatoms. The van der Waals surface area contributed by atoms with E-state index in [0.29, 0.717) is 31.6 Å². The van der Waals surface area contributed by atoms with Crippen molar-refractivity contribution in [2.45, 2.75) is 433 Å². The number of phosphoric ester groups is 2. The van der Waals surface area contributed by atoms with Gasteiger partial charge in [-0.15, -0.1) is 0 Å². The molecule has 17 nitrogen and oxygen atoms in total. The third kappa shape index (κ3) is 71.7. The third-order valence-corrected chi connectivity index (χ3v) is 21.4. The molecule has 0 aromatic carbocycles. The zero-order valence-corrected chi connectivity index (χ0v) is 67.6. The van der Waals surface area contributed by atoms with Gasteiger partial charge >= 0.3 is 39.5 Å². The van der Waals surface area contributed by atoms with Crippen LogP contribution in [0, 0.1) is 23.7 Å². The fraction of sp³-hybridized carbons (Fsp3) is 0.951. The summed E-state index contributed by atoms with van der Waals surface area (Å²) in [6.07, 6.45) is 57.2. The van der Waals surface area contributed by atoms with E-state index in [9.17, 15) is 43.2 Å². The van der Waals surface area contributed by atoms with Crippen LogP contribution in [0.1, 0.15) is 415 Å². The first-order chi connectivity index (χ1) is 48.2. The van der Waals surface area contributed by atoms with E-state index in [4.69, 9.17) is 37.0 Å². The monoisotopic (exact) mass is 1470 g/mol. The molecule has 3 N–H and O–H groups in total. The van der Waals surface area contributed by atoms with E-state index in [0.717, 1.165) is 108 Å². The second kappa shape index (κ2) is 70.1. The minimum absolute atomic E-state index is 0.101. The Morgan fingerprint density at radius 2 is 0.480 bits per heavy atom. The Hall–Kier alpha value is -1.94. The maximum atomic E-state index is 13.1. The van der Waals surface area contributed by atoms with Gasteiger partial charge in [0.25, 0.3) is 0 Å². The summed E-state index contributed by atoms with van der Waals surface area (Å²) in [5.74, 6) is 0.995. The Kier molecular flexibility index (Phi) is 68.7. The van der Waals surface area contributed by atoms with E-state index < -0.39 is 97.5 Å². The Balaban J connectivity index is 5.18. The zero-order valence-electron chi connectivity index (χ0n) is 65.8. The number of phosphoric acid groups is 2. The predicted octanol–water partition coefficient (Wildman–Crippen LogP) is 24.0. The van der Waals surface area contributed by atoms with Crippen molar-refractivity contribution in [3.05, 3.63) is 0 Å². The molecule has 0 saturated heterocycles. The summed E-state index contributed by atoms with van der Waals surface area (Å²) >= 11 is 0. The molecule has 0 heterocycles. The van der Waals surface area contributed by atoms with Crippen LogP contribution < -0.4 is 0 Å². The molecule has 100 heavy (non-hydrogen) atoms. The highest BCUT2D eigenvalue weighted by molar-refractivity contribution is 7.47. The van der Waals surface area contributed by atoms with Gasteiger partial charge in [-0.25, -0.2) is 9.13 Å². The van der Waals surface area contributed by atoms with E-state index in [1.165, 1.54) is 218 Å². The SMILES string of the molecule is CCC(C)CCCCCCCCCCCCCCCCCCCCC(=O)OC[C@H](COP(=O)(O)OCC(O)COP(=O)(O)OC[C@@H](COC(=O)CCCCCCCCCCC(C)C)OC(=O)CCCCCCCCC(C)C)OC(=O)CCCCCCCCCCCCCCCCC(C)CC. The van der Waals surface area contributed by atoms with Crippen LogP contribution in [-0.2, 0) is 65.4 Å². The van der Waals surface area contributed by atoms with Crippen molar-refractivity contribution in [3.63, 3.8) is 0 Å². The van der Waals surface area contributed by atoms with E-state index in [-0.39, 0.29) is 25.7 Å². The molecule has 0 amide bonds. The Bertz CT molecular complexity index is 1960. The van der Waals surface area contributed by atoms with E-state index >= 15 is 0 Å². The maximum absolute atomic E-state index is 13.1. The highest BCUT2D eigenvalue weighted by atomic mass is 31.2. The quantitative estimate of drug-likeness (QED) is 0.0222. The van der Waals surface area contributed by atoms with Gasteiger partial charge in [-0.3, -0.25) is 37.3 Å². The van der Waals surface area contributed by atoms with Crippen molar-refractivity contribution in [3.8, 4) is 0 Å². The Labute approximate surface area is 613 Å². The van der Waals surface area contributed by atoms with Gasteiger partial charge in [-0.1, -0.05) is 364 Å². The number of hydrogen-bond acceptors (Lipinski definition) is 15. The van der Waals surface area contributed by atoms with Gasteiger partial charge < -0.3 is 33.8 Å². The molecule has 0 saturated carbocycles. The molecule has 0 radical (unpaired) electrons. The Morgan fingerprint density at radius 1 is 0.280 bits per heavy atom. The molecule has 0 aliphatic carbocycles. The van der Waals surface area contributed by atoms with Gasteiger partial charge in [-0.05, 0) is 49.4 Å². The maximum Gasteiger partial charge on any atom is 0.472 e. The average Bonchev–Trinajstić information content (AvgIpc) is 1.17.